The lowest BCUT2D eigenvalue weighted by molar-refractivity contribution is -0.122. The largest absolute Gasteiger partial charge is 0.490 e. The van der Waals surface area contributed by atoms with Crippen LogP contribution in [0.5, 0.6) is 11.5 Å². The summed E-state index contributed by atoms with van der Waals surface area (Å²) in [7, 11) is 0. The highest BCUT2D eigenvalue weighted by Gasteiger charge is 2.19. The Balaban J connectivity index is 1.65. The normalized spacial score (nSPS) is 11.6. The van der Waals surface area contributed by atoms with Crippen LogP contribution < -0.4 is 31.6 Å². The van der Waals surface area contributed by atoms with Gasteiger partial charge < -0.3 is 31.6 Å². The highest BCUT2D eigenvalue weighted by molar-refractivity contribution is 6.08. The Hall–Kier alpha value is -4.63. The number of primary amides is 1. The molecule has 2 amide bonds. The number of amides is 2. The maximum Gasteiger partial charge on any atom is 0.252 e. The zero-order valence-electron chi connectivity index (χ0n) is 23.7. The van der Waals surface area contributed by atoms with Crippen molar-refractivity contribution >= 4 is 34.1 Å². The second-order valence-corrected chi connectivity index (χ2v) is 9.53. The molecule has 0 aliphatic heterocycles. The molecule has 9 heteroatoms. The first-order valence-electron chi connectivity index (χ1n) is 13.8. The van der Waals surface area contributed by atoms with Crippen LogP contribution in [0.25, 0.3) is 10.9 Å². The van der Waals surface area contributed by atoms with Gasteiger partial charge in [-0.25, -0.2) is 0 Å². The minimum atomic E-state index is -0.661. The highest BCUT2D eigenvalue weighted by Crippen LogP contribution is 2.38. The van der Waals surface area contributed by atoms with Crippen LogP contribution in [0.15, 0.2) is 66.9 Å². The number of carbonyl (C=O) groups excluding carboxylic acids is 2. The maximum absolute atomic E-state index is 12.8. The molecule has 1 heterocycles. The Morgan fingerprint density at radius 3 is 2.32 bits per heavy atom. The second-order valence-electron chi connectivity index (χ2n) is 9.53. The molecule has 0 fully saturated rings. The molecule has 0 bridgehead atoms. The lowest BCUT2D eigenvalue weighted by Gasteiger charge is -2.20. The summed E-state index contributed by atoms with van der Waals surface area (Å²) in [6.07, 6.45) is 2.60. The predicted molar refractivity (Wildman–Crippen MR) is 162 cm³/mol. The average molecular weight is 556 g/mol. The first-order valence-corrected chi connectivity index (χ1v) is 13.8. The molecule has 0 unspecified atom stereocenters. The van der Waals surface area contributed by atoms with E-state index in [2.05, 4.69) is 15.6 Å². The van der Waals surface area contributed by atoms with Gasteiger partial charge in [-0.3, -0.25) is 14.6 Å². The summed E-state index contributed by atoms with van der Waals surface area (Å²) in [5.74, 6) is 0.290. The van der Waals surface area contributed by atoms with Crippen molar-refractivity contribution in [2.24, 2.45) is 11.5 Å². The van der Waals surface area contributed by atoms with Gasteiger partial charge in [0, 0.05) is 29.9 Å². The Bertz CT molecular complexity index is 1520. The fourth-order valence-corrected chi connectivity index (χ4v) is 4.80. The molecule has 0 saturated carbocycles. The third-order valence-electron chi connectivity index (χ3n) is 6.77. The first-order chi connectivity index (χ1) is 19.9. The Morgan fingerprint density at radius 1 is 0.951 bits per heavy atom. The van der Waals surface area contributed by atoms with Crippen LogP contribution in [0, 0.1) is 0 Å². The Morgan fingerprint density at radius 2 is 1.66 bits per heavy atom. The summed E-state index contributed by atoms with van der Waals surface area (Å²) >= 11 is 0. The van der Waals surface area contributed by atoms with Crippen LogP contribution in [0.1, 0.15) is 47.8 Å². The molecule has 214 valence electrons. The minimum Gasteiger partial charge on any atom is -0.490 e. The number of rotatable bonds is 13. The summed E-state index contributed by atoms with van der Waals surface area (Å²) in [5.41, 5.74) is 17.1. The highest BCUT2D eigenvalue weighted by atomic mass is 16.5. The lowest BCUT2D eigenvalue weighted by atomic mass is 10.0. The number of nitrogens with one attached hydrogen (secondary N) is 2. The van der Waals surface area contributed by atoms with Crippen molar-refractivity contribution in [1.82, 2.24) is 10.3 Å². The quantitative estimate of drug-likeness (QED) is 0.189. The van der Waals surface area contributed by atoms with Gasteiger partial charge in [-0.05, 0) is 55.5 Å². The number of benzene rings is 3. The Kier molecular flexibility index (Phi) is 9.76. The smallest absolute Gasteiger partial charge is 0.252 e. The van der Waals surface area contributed by atoms with Crippen LogP contribution in [-0.4, -0.2) is 36.1 Å². The van der Waals surface area contributed by atoms with E-state index in [1.807, 2.05) is 75.4 Å². The Labute approximate surface area is 240 Å². The SMILES string of the molecule is CCOc1cc2ncc(C(N)=O)c(Nc3cccc(CNC(=O)[C@@H](N)Cc4ccccc4)c3CC)c2cc1OCC. The second kappa shape index (κ2) is 13.6. The standard InChI is InChI=1S/C32H37N5O4/c1-4-22-21(18-36-32(39)25(33)15-20-11-8-7-9-12-20)13-10-14-26(22)37-30-23-16-28(40-5-2)29(41-6-3)17-27(23)35-19-24(30)31(34)38/h7-14,16-17,19,25H,4-6,15,18,33H2,1-3H3,(H2,34,38)(H,35,37)(H,36,39)/t25-/m0/s1. The third kappa shape index (κ3) is 6.93. The van der Waals surface area contributed by atoms with Gasteiger partial charge in [-0.2, -0.15) is 0 Å². The zero-order chi connectivity index (χ0) is 29.4. The minimum absolute atomic E-state index is 0.223. The van der Waals surface area contributed by atoms with E-state index in [9.17, 15) is 9.59 Å². The lowest BCUT2D eigenvalue weighted by Crippen LogP contribution is -2.41. The number of anilines is 2. The number of pyridine rings is 1. The van der Waals surface area contributed by atoms with E-state index in [-0.39, 0.29) is 11.5 Å². The van der Waals surface area contributed by atoms with Gasteiger partial charge in [0.2, 0.25) is 5.91 Å². The molecular weight excluding hydrogens is 518 g/mol. The fourth-order valence-electron chi connectivity index (χ4n) is 4.80. The van der Waals surface area contributed by atoms with E-state index in [1.54, 1.807) is 6.07 Å². The van der Waals surface area contributed by atoms with Crippen LogP contribution >= 0.6 is 0 Å². The van der Waals surface area contributed by atoms with Crippen LogP contribution in [0.3, 0.4) is 0 Å². The molecule has 4 rings (SSSR count). The van der Waals surface area contributed by atoms with Gasteiger partial charge >= 0.3 is 0 Å². The number of ether oxygens (including phenoxy) is 2. The van der Waals surface area contributed by atoms with Crippen LogP contribution in [-0.2, 0) is 24.2 Å². The summed E-state index contributed by atoms with van der Waals surface area (Å²) in [5, 5.41) is 7.09. The summed E-state index contributed by atoms with van der Waals surface area (Å²) < 4.78 is 11.6. The topological polar surface area (TPSA) is 142 Å². The molecule has 4 aromatic rings. The molecule has 0 radical (unpaired) electrons. The van der Waals surface area contributed by atoms with Gasteiger partial charge in [0.15, 0.2) is 11.5 Å². The van der Waals surface area contributed by atoms with Crippen LogP contribution in [0.4, 0.5) is 11.4 Å². The molecule has 41 heavy (non-hydrogen) atoms. The van der Waals surface area contributed by atoms with Crippen molar-refractivity contribution in [3.05, 3.63) is 89.1 Å². The van der Waals surface area contributed by atoms with Crippen molar-refractivity contribution in [3.63, 3.8) is 0 Å². The zero-order valence-corrected chi connectivity index (χ0v) is 23.7. The number of hydrogen-bond donors (Lipinski definition) is 4. The van der Waals surface area contributed by atoms with Gasteiger partial charge in [0.25, 0.3) is 5.91 Å². The van der Waals surface area contributed by atoms with Crippen molar-refractivity contribution in [2.75, 3.05) is 18.5 Å². The van der Waals surface area contributed by atoms with E-state index >= 15 is 0 Å². The van der Waals surface area contributed by atoms with Crippen molar-refractivity contribution in [3.8, 4) is 11.5 Å². The van der Waals surface area contributed by atoms with E-state index in [0.717, 1.165) is 22.4 Å². The van der Waals surface area contributed by atoms with Gasteiger partial charge in [0.05, 0.1) is 36.0 Å². The van der Waals surface area contributed by atoms with Gasteiger partial charge in [0.1, 0.15) is 0 Å². The molecule has 6 N–H and O–H groups in total. The number of carbonyl (C=O) groups is 2. The maximum atomic E-state index is 12.8. The molecule has 0 aliphatic rings. The molecule has 9 nitrogen and oxygen atoms in total. The molecule has 1 atom stereocenters. The van der Waals surface area contributed by atoms with Crippen molar-refractivity contribution in [1.29, 1.82) is 0 Å². The molecule has 1 aromatic heterocycles. The van der Waals surface area contributed by atoms with Crippen molar-refractivity contribution in [2.45, 2.75) is 46.2 Å². The first kappa shape index (κ1) is 29.4. The third-order valence-corrected chi connectivity index (χ3v) is 6.77. The number of fused-ring (bicyclic) bond motifs is 1. The number of hydrogen-bond acceptors (Lipinski definition) is 7. The number of nitrogens with two attached hydrogens (primary N) is 2. The van der Waals surface area contributed by atoms with E-state index in [4.69, 9.17) is 20.9 Å². The summed E-state index contributed by atoms with van der Waals surface area (Å²) in [6, 6.07) is 18.4. The monoisotopic (exact) mass is 555 g/mol. The summed E-state index contributed by atoms with van der Waals surface area (Å²) in [6.45, 7) is 7.05. The molecular formula is C32H37N5O4. The van der Waals surface area contributed by atoms with E-state index < -0.39 is 11.9 Å². The van der Waals surface area contributed by atoms with Gasteiger partial charge in [-0.15, -0.1) is 0 Å². The molecule has 0 saturated heterocycles. The number of nitrogens with zero attached hydrogens (tertiary/aromatic N) is 1. The summed E-state index contributed by atoms with van der Waals surface area (Å²) in [4.78, 5) is 29.7. The van der Waals surface area contributed by atoms with Crippen LogP contribution in [0.2, 0.25) is 0 Å². The fraction of sp³-hybridized carbons (Fsp3) is 0.281. The van der Waals surface area contributed by atoms with E-state index in [0.29, 0.717) is 60.7 Å². The molecule has 3 aromatic carbocycles. The van der Waals surface area contributed by atoms with Gasteiger partial charge in [-0.1, -0.05) is 49.4 Å². The van der Waals surface area contributed by atoms with Crippen molar-refractivity contribution < 1.29 is 19.1 Å². The predicted octanol–water partition coefficient (Wildman–Crippen LogP) is 4.62. The average Bonchev–Trinajstić information content (AvgIpc) is 2.97. The van der Waals surface area contributed by atoms with E-state index in [1.165, 1.54) is 6.20 Å². The number of aromatic nitrogens is 1. The molecule has 0 spiro atoms. The molecule has 0 aliphatic carbocycles.